The second-order valence-corrected chi connectivity index (χ2v) is 7.65. The molecule has 0 spiro atoms. The zero-order valence-electron chi connectivity index (χ0n) is 16.3. The summed E-state index contributed by atoms with van der Waals surface area (Å²) in [6.07, 6.45) is 1.94. The van der Waals surface area contributed by atoms with E-state index in [1.54, 1.807) is 42.1 Å². The summed E-state index contributed by atoms with van der Waals surface area (Å²) in [5, 5.41) is 8.73. The van der Waals surface area contributed by atoms with Gasteiger partial charge in [0.1, 0.15) is 17.4 Å². The van der Waals surface area contributed by atoms with Crippen LogP contribution in [0.2, 0.25) is 0 Å². The molecule has 0 radical (unpaired) electrons. The SMILES string of the molecule is Cc1cc(SCC=C(c2cccc(F)c2)c2cccc(F)c2)ccc1OCC(=O)O. The minimum absolute atomic E-state index is 0.352. The van der Waals surface area contributed by atoms with E-state index in [1.165, 1.54) is 24.3 Å². The third-order valence-electron chi connectivity index (χ3n) is 4.31. The quantitative estimate of drug-likeness (QED) is 0.452. The van der Waals surface area contributed by atoms with Gasteiger partial charge >= 0.3 is 5.97 Å². The van der Waals surface area contributed by atoms with Crippen LogP contribution in [0.3, 0.4) is 0 Å². The van der Waals surface area contributed by atoms with Crippen molar-refractivity contribution in [2.24, 2.45) is 0 Å². The summed E-state index contributed by atoms with van der Waals surface area (Å²) in [4.78, 5) is 11.6. The van der Waals surface area contributed by atoms with Crippen molar-refractivity contribution < 1.29 is 23.4 Å². The van der Waals surface area contributed by atoms with Crippen LogP contribution in [0, 0.1) is 18.6 Å². The summed E-state index contributed by atoms with van der Waals surface area (Å²) in [7, 11) is 0. The van der Waals surface area contributed by atoms with Crippen LogP contribution in [0.15, 0.2) is 77.7 Å². The molecule has 0 unspecified atom stereocenters. The minimum Gasteiger partial charge on any atom is -0.482 e. The molecule has 30 heavy (non-hydrogen) atoms. The first-order chi connectivity index (χ1) is 14.4. The highest BCUT2D eigenvalue weighted by atomic mass is 32.2. The Morgan fingerprint density at radius 1 is 1.00 bits per heavy atom. The highest BCUT2D eigenvalue weighted by molar-refractivity contribution is 7.99. The van der Waals surface area contributed by atoms with E-state index in [1.807, 2.05) is 25.1 Å². The zero-order valence-corrected chi connectivity index (χ0v) is 17.1. The summed E-state index contributed by atoms with van der Waals surface area (Å²) in [6.45, 7) is 1.46. The lowest BCUT2D eigenvalue weighted by Crippen LogP contribution is -2.09. The molecule has 3 nitrogen and oxygen atoms in total. The van der Waals surface area contributed by atoms with Gasteiger partial charge in [0.15, 0.2) is 6.61 Å². The van der Waals surface area contributed by atoms with E-state index in [-0.39, 0.29) is 18.2 Å². The molecule has 154 valence electrons. The highest BCUT2D eigenvalue weighted by Gasteiger charge is 2.08. The fraction of sp³-hybridized carbons (Fsp3) is 0.125. The number of hydrogen-bond donors (Lipinski definition) is 1. The topological polar surface area (TPSA) is 46.5 Å². The van der Waals surface area contributed by atoms with E-state index in [0.29, 0.717) is 22.6 Å². The predicted molar refractivity (Wildman–Crippen MR) is 115 cm³/mol. The maximum absolute atomic E-state index is 13.7. The van der Waals surface area contributed by atoms with E-state index in [0.717, 1.165) is 16.0 Å². The van der Waals surface area contributed by atoms with Crippen LogP contribution in [0.1, 0.15) is 16.7 Å². The third-order valence-corrected chi connectivity index (χ3v) is 5.23. The van der Waals surface area contributed by atoms with Gasteiger partial charge in [-0.3, -0.25) is 0 Å². The van der Waals surface area contributed by atoms with Gasteiger partial charge in [0, 0.05) is 10.6 Å². The molecule has 0 amide bonds. The molecule has 1 N–H and O–H groups in total. The number of benzene rings is 3. The third kappa shape index (κ3) is 5.94. The second-order valence-electron chi connectivity index (χ2n) is 6.56. The summed E-state index contributed by atoms with van der Waals surface area (Å²) < 4.78 is 32.7. The van der Waals surface area contributed by atoms with Gasteiger partial charge in [0.2, 0.25) is 0 Å². The number of ether oxygens (including phenoxy) is 1. The molecular weight excluding hydrogens is 406 g/mol. The van der Waals surface area contributed by atoms with Crippen LogP contribution in [-0.4, -0.2) is 23.4 Å². The molecule has 0 atom stereocenters. The molecule has 0 aliphatic rings. The first-order valence-electron chi connectivity index (χ1n) is 9.22. The molecule has 0 fully saturated rings. The Balaban J connectivity index is 1.79. The minimum atomic E-state index is -1.03. The Kier molecular flexibility index (Phi) is 7.25. The van der Waals surface area contributed by atoms with Crippen LogP contribution < -0.4 is 4.74 Å². The average Bonchev–Trinajstić information content (AvgIpc) is 2.70. The van der Waals surface area contributed by atoms with Crippen molar-refractivity contribution in [1.82, 2.24) is 0 Å². The van der Waals surface area contributed by atoms with Gasteiger partial charge in [-0.2, -0.15) is 0 Å². The molecule has 3 rings (SSSR count). The number of aliphatic carboxylic acids is 1. The molecule has 0 heterocycles. The molecule has 0 saturated heterocycles. The monoisotopic (exact) mass is 426 g/mol. The van der Waals surface area contributed by atoms with Crippen molar-refractivity contribution in [3.05, 3.63) is 101 Å². The average molecular weight is 426 g/mol. The summed E-state index contributed by atoms with van der Waals surface area (Å²) in [5.74, 6) is -0.625. The number of carboxylic acid groups (broad SMARTS) is 1. The van der Waals surface area contributed by atoms with Crippen molar-refractivity contribution in [2.75, 3.05) is 12.4 Å². The summed E-state index contributed by atoms with van der Waals surface area (Å²) >= 11 is 1.56. The Hall–Kier alpha value is -3.12. The normalized spacial score (nSPS) is 10.5. The molecule has 0 bridgehead atoms. The van der Waals surface area contributed by atoms with Crippen molar-refractivity contribution >= 4 is 23.3 Å². The van der Waals surface area contributed by atoms with E-state index in [2.05, 4.69) is 0 Å². The van der Waals surface area contributed by atoms with E-state index >= 15 is 0 Å². The molecule has 0 aliphatic heterocycles. The van der Waals surface area contributed by atoms with Crippen molar-refractivity contribution in [3.63, 3.8) is 0 Å². The largest absolute Gasteiger partial charge is 0.482 e. The molecule has 0 saturated carbocycles. The molecule has 6 heteroatoms. The maximum atomic E-state index is 13.7. The van der Waals surface area contributed by atoms with Gasteiger partial charge in [-0.05, 0) is 71.7 Å². The standard InChI is InChI=1S/C24H20F2O3S/c1-16-12-21(8-9-23(16)29-15-24(27)28)30-11-10-22(17-4-2-6-19(25)13-17)18-5-3-7-20(26)14-18/h2-10,12-14H,11,15H2,1H3,(H,27,28). The number of rotatable bonds is 8. The van der Waals surface area contributed by atoms with Gasteiger partial charge in [-0.15, -0.1) is 11.8 Å². The molecule has 0 aromatic heterocycles. The van der Waals surface area contributed by atoms with E-state index in [4.69, 9.17) is 9.84 Å². The van der Waals surface area contributed by atoms with Crippen molar-refractivity contribution in [1.29, 1.82) is 0 Å². The van der Waals surface area contributed by atoms with Crippen molar-refractivity contribution in [2.45, 2.75) is 11.8 Å². The van der Waals surface area contributed by atoms with Crippen LogP contribution >= 0.6 is 11.8 Å². The molecule has 3 aromatic carbocycles. The van der Waals surface area contributed by atoms with Crippen LogP contribution in [-0.2, 0) is 4.79 Å². The lowest BCUT2D eigenvalue weighted by atomic mass is 9.97. The van der Waals surface area contributed by atoms with Gasteiger partial charge < -0.3 is 9.84 Å². The Morgan fingerprint density at radius 3 is 2.17 bits per heavy atom. The fourth-order valence-electron chi connectivity index (χ4n) is 2.95. The number of aryl methyl sites for hydroxylation is 1. The van der Waals surface area contributed by atoms with Crippen LogP contribution in [0.4, 0.5) is 8.78 Å². The lowest BCUT2D eigenvalue weighted by Gasteiger charge is -2.11. The van der Waals surface area contributed by atoms with Crippen LogP contribution in [0.5, 0.6) is 5.75 Å². The van der Waals surface area contributed by atoms with Gasteiger partial charge in [0.25, 0.3) is 0 Å². The lowest BCUT2D eigenvalue weighted by molar-refractivity contribution is -0.139. The summed E-state index contributed by atoms with van der Waals surface area (Å²) in [6, 6.07) is 18.0. The Morgan fingerprint density at radius 2 is 1.63 bits per heavy atom. The number of hydrogen-bond acceptors (Lipinski definition) is 3. The van der Waals surface area contributed by atoms with E-state index < -0.39 is 5.97 Å². The van der Waals surface area contributed by atoms with Crippen LogP contribution in [0.25, 0.3) is 5.57 Å². The maximum Gasteiger partial charge on any atom is 0.341 e. The summed E-state index contributed by atoms with van der Waals surface area (Å²) in [5.41, 5.74) is 2.94. The van der Waals surface area contributed by atoms with Gasteiger partial charge in [-0.25, -0.2) is 13.6 Å². The Labute approximate surface area is 178 Å². The molecule has 0 aliphatic carbocycles. The Bertz CT molecular complexity index is 1030. The number of thioether (sulfide) groups is 1. The first-order valence-corrected chi connectivity index (χ1v) is 10.2. The smallest absolute Gasteiger partial charge is 0.341 e. The number of carbonyl (C=O) groups is 1. The highest BCUT2D eigenvalue weighted by Crippen LogP contribution is 2.29. The van der Waals surface area contributed by atoms with Gasteiger partial charge in [-0.1, -0.05) is 30.3 Å². The zero-order chi connectivity index (χ0) is 21.5. The number of halogens is 2. The predicted octanol–water partition coefficient (Wildman–Crippen LogP) is 5.96. The first kappa shape index (κ1) is 21.6. The van der Waals surface area contributed by atoms with Crippen molar-refractivity contribution in [3.8, 4) is 5.75 Å². The second kappa shape index (κ2) is 10.1. The van der Waals surface area contributed by atoms with E-state index in [9.17, 15) is 13.6 Å². The number of carboxylic acids is 1. The van der Waals surface area contributed by atoms with Gasteiger partial charge in [0.05, 0.1) is 0 Å². The fourth-order valence-corrected chi connectivity index (χ4v) is 3.82. The molecule has 3 aromatic rings. The molecular formula is C24H20F2O3S.